The van der Waals surface area contributed by atoms with Crippen LogP contribution in [0.3, 0.4) is 0 Å². The lowest BCUT2D eigenvalue weighted by atomic mass is 9.87. The van der Waals surface area contributed by atoms with Crippen LogP contribution in [0, 0.1) is 5.41 Å². The number of nitrogens with zero attached hydrogens (tertiary/aromatic N) is 2. The van der Waals surface area contributed by atoms with E-state index in [1.807, 2.05) is 16.9 Å². The quantitative estimate of drug-likeness (QED) is 0.804. The molecule has 1 atom stereocenters. The van der Waals surface area contributed by atoms with Crippen LogP contribution in [-0.2, 0) is 6.54 Å². The Balaban J connectivity index is 2.74. The van der Waals surface area contributed by atoms with Crippen LogP contribution in [0.15, 0.2) is 12.3 Å². The van der Waals surface area contributed by atoms with Crippen molar-refractivity contribution < 1.29 is 0 Å². The van der Waals surface area contributed by atoms with E-state index >= 15 is 0 Å². The predicted molar refractivity (Wildman–Crippen MR) is 58.9 cm³/mol. The highest BCUT2D eigenvalue weighted by Gasteiger charge is 2.19. The Hall–Kier alpha value is -0.830. The summed E-state index contributed by atoms with van der Waals surface area (Å²) in [5.74, 6) is 0. The largest absolute Gasteiger partial charge is 0.323 e. The SMILES string of the molecule is CCn1nccc1C(N)CC(C)(C)C. The van der Waals surface area contributed by atoms with E-state index < -0.39 is 0 Å². The average Bonchev–Trinajstić information content (AvgIpc) is 2.47. The lowest BCUT2D eigenvalue weighted by Gasteiger charge is -2.23. The number of rotatable bonds is 3. The molecule has 1 rings (SSSR count). The molecule has 0 amide bonds. The van der Waals surface area contributed by atoms with E-state index in [4.69, 9.17) is 5.73 Å². The molecule has 0 aliphatic rings. The van der Waals surface area contributed by atoms with Crippen molar-refractivity contribution in [3.63, 3.8) is 0 Å². The second-order valence-corrected chi connectivity index (χ2v) is 4.94. The minimum Gasteiger partial charge on any atom is -0.323 e. The van der Waals surface area contributed by atoms with Gasteiger partial charge in [0.2, 0.25) is 0 Å². The van der Waals surface area contributed by atoms with Crippen LogP contribution in [0.5, 0.6) is 0 Å². The minimum absolute atomic E-state index is 0.0949. The fraction of sp³-hybridized carbons (Fsp3) is 0.727. The predicted octanol–water partition coefficient (Wildman–Crippen LogP) is 2.34. The third-order valence-electron chi connectivity index (χ3n) is 2.26. The molecular formula is C11H21N3. The zero-order valence-electron chi connectivity index (χ0n) is 9.62. The molecule has 0 aliphatic heterocycles. The second kappa shape index (κ2) is 4.13. The summed E-state index contributed by atoms with van der Waals surface area (Å²) in [4.78, 5) is 0. The Bertz CT molecular complexity index is 283. The monoisotopic (exact) mass is 195 g/mol. The van der Waals surface area contributed by atoms with Gasteiger partial charge in [0.15, 0.2) is 0 Å². The average molecular weight is 195 g/mol. The van der Waals surface area contributed by atoms with Crippen molar-refractivity contribution in [3.8, 4) is 0 Å². The first-order valence-corrected chi connectivity index (χ1v) is 5.21. The highest BCUT2D eigenvalue weighted by atomic mass is 15.3. The fourth-order valence-electron chi connectivity index (χ4n) is 1.69. The summed E-state index contributed by atoms with van der Waals surface area (Å²) in [6, 6.07) is 2.11. The van der Waals surface area contributed by atoms with Crippen LogP contribution >= 0.6 is 0 Å². The van der Waals surface area contributed by atoms with E-state index in [0.29, 0.717) is 0 Å². The molecule has 80 valence electrons. The van der Waals surface area contributed by atoms with Gasteiger partial charge >= 0.3 is 0 Å². The van der Waals surface area contributed by atoms with Gasteiger partial charge in [0.25, 0.3) is 0 Å². The summed E-state index contributed by atoms with van der Waals surface area (Å²) >= 11 is 0. The van der Waals surface area contributed by atoms with Gasteiger partial charge in [0, 0.05) is 18.8 Å². The molecule has 1 unspecified atom stereocenters. The molecule has 0 saturated heterocycles. The molecule has 1 heterocycles. The molecule has 0 bridgehead atoms. The minimum atomic E-state index is 0.0949. The lowest BCUT2D eigenvalue weighted by molar-refractivity contribution is 0.334. The smallest absolute Gasteiger partial charge is 0.0551 e. The molecule has 14 heavy (non-hydrogen) atoms. The highest BCUT2D eigenvalue weighted by molar-refractivity contribution is 5.06. The fourth-order valence-corrected chi connectivity index (χ4v) is 1.69. The van der Waals surface area contributed by atoms with Gasteiger partial charge in [-0.15, -0.1) is 0 Å². The zero-order valence-corrected chi connectivity index (χ0v) is 9.62. The maximum Gasteiger partial charge on any atom is 0.0551 e. The van der Waals surface area contributed by atoms with Crippen molar-refractivity contribution in [2.45, 2.75) is 46.7 Å². The number of nitrogens with two attached hydrogens (primary N) is 1. The van der Waals surface area contributed by atoms with E-state index in [9.17, 15) is 0 Å². The van der Waals surface area contributed by atoms with Crippen LogP contribution in [0.4, 0.5) is 0 Å². The molecule has 0 spiro atoms. The second-order valence-electron chi connectivity index (χ2n) is 4.94. The Morgan fingerprint density at radius 3 is 2.64 bits per heavy atom. The molecule has 0 saturated carbocycles. The molecule has 0 fully saturated rings. The Morgan fingerprint density at radius 1 is 1.50 bits per heavy atom. The van der Waals surface area contributed by atoms with Gasteiger partial charge in [-0.1, -0.05) is 20.8 Å². The van der Waals surface area contributed by atoms with Gasteiger partial charge in [0.05, 0.1) is 5.69 Å². The molecule has 0 aromatic carbocycles. The van der Waals surface area contributed by atoms with Crippen molar-refractivity contribution in [1.82, 2.24) is 9.78 Å². The van der Waals surface area contributed by atoms with Crippen molar-refractivity contribution in [1.29, 1.82) is 0 Å². The first-order chi connectivity index (χ1) is 6.44. The van der Waals surface area contributed by atoms with E-state index in [2.05, 4.69) is 32.8 Å². The Kier molecular flexibility index (Phi) is 3.32. The zero-order chi connectivity index (χ0) is 10.8. The molecule has 0 radical (unpaired) electrons. The maximum absolute atomic E-state index is 6.14. The molecule has 2 N–H and O–H groups in total. The summed E-state index contributed by atoms with van der Waals surface area (Å²) in [6.45, 7) is 9.60. The number of aryl methyl sites for hydroxylation is 1. The van der Waals surface area contributed by atoms with Crippen LogP contribution in [0.25, 0.3) is 0 Å². The van der Waals surface area contributed by atoms with Gasteiger partial charge in [-0.25, -0.2) is 0 Å². The van der Waals surface area contributed by atoms with Crippen molar-refractivity contribution in [2.75, 3.05) is 0 Å². The van der Waals surface area contributed by atoms with Gasteiger partial charge in [0.1, 0.15) is 0 Å². The third kappa shape index (κ3) is 2.84. The molecule has 3 heteroatoms. The van der Waals surface area contributed by atoms with E-state index in [1.54, 1.807) is 0 Å². The number of hydrogen-bond acceptors (Lipinski definition) is 2. The molecule has 1 aromatic heterocycles. The van der Waals surface area contributed by atoms with E-state index in [-0.39, 0.29) is 11.5 Å². The molecular weight excluding hydrogens is 174 g/mol. The first kappa shape index (κ1) is 11.2. The van der Waals surface area contributed by atoms with Gasteiger partial charge in [-0.3, -0.25) is 4.68 Å². The van der Waals surface area contributed by atoms with Crippen LogP contribution in [0.1, 0.15) is 45.9 Å². The lowest BCUT2D eigenvalue weighted by Crippen LogP contribution is -2.21. The van der Waals surface area contributed by atoms with Gasteiger partial charge in [-0.2, -0.15) is 5.10 Å². The summed E-state index contributed by atoms with van der Waals surface area (Å²) in [6.07, 6.45) is 2.81. The number of hydrogen-bond donors (Lipinski definition) is 1. The standard InChI is InChI=1S/C11H21N3/c1-5-14-10(6-7-13-14)9(12)8-11(2,3)4/h6-7,9H,5,8,12H2,1-4H3. The summed E-state index contributed by atoms with van der Waals surface area (Å²) < 4.78 is 1.97. The molecule has 1 aromatic rings. The highest BCUT2D eigenvalue weighted by Crippen LogP contribution is 2.27. The summed E-state index contributed by atoms with van der Waals surface area (Å²) in [5.41, 5.74) is 7.55. The topological polar surface area (TPSA) is 43.8 Å². The first-order valence-electron chi connectivity index (χ1n) is 5.21. The van der Waals surface area contributed by atoms with Crippen molar-refractivity contribution >= 4 is 0 Å². The van der Waals surface area contributed by atoms with E-state index in [0.717, 1.165) is 18.7 Å². The van der Waals surface area contributed by atoms with Crippen molar-refractivity contribution in [3.05, 3.63) is 18.0 Å². The normalized spacial score (nSPS) is 14.4. The van der Waals surface area contributed by atoms with Crippen molar-refractivity contribution in [2.24, 2.45) is 11.1 Å². The van der Waals surface area contributed by atoms with Crippen LogP contribution in [0.2, 0.25) is 0 Å². The van der Waals surface area contributed by atoms with E-state index in [1.165, 1.54) is 0 Å². The summed E-state index contributed by atoms with van der Waals surface area (Å²) in [5, 5.41) is 4.22. The molecule has 0 aliphatic carbocycles. The third-order valence-corrected chi connectivity index (χ3v) is 2.26. The number of aromatic nitrogens is 2. The Labute approximate surface area is 86.3 Å². The van der Waals surface area contributed by atoms with Crippen LogP contribution < -0.4 is 5.73 Å². The summed E-state index contributed by atoms with van der Waals surface area (Å²) in [7, 11) is 0. The molecule has 3 nitrogen and oxygen atoms in total. The maximum atomic E-state index is 6.14. The van der Waals surface area contributed by atoms with Gasteiger partial charge in [-0.05, 0) is 24.8 Å². The Morgan fingerprint density at radius 2 is 2.14 bits per heavy atom. The van der Waals surface area contributed by atoms with Crippen LogP contribution in [-0.4, -0.2) is 9.78 Å². The van der Waals surface area contributed by atoms with Gasteiger partial charge < -0.3 is 5.73 Å².